The van der Waals surface area contributed by atoms with E-state index in [1.165, 1.54) is 12.0 Å². The summed E-state index contributed by atoms with van der Waals surface area (Å²) in [4.78, 5) is 36.0. The smallest absolute Gasteiger partial charge is 0.475 e. The lowest BCUT2D eigenvalue weighted by Crippen LogP contribution is -2.40. The number of alkyl halides is 9. The molecular formula is C25H28F9N3O8. The zero-order valence-electron chi connectivity index (χ0n) is 23.0. The van der Waals surface area contributed by atoms with Gasteiger partial charge in [-0.15, -0.1) is 0 Å². The summed E-state index contributed by atoms with van der Waals surface area (Å²) < 4.78 is 107. The van der Waals surface area contributed by atoms with Crippen LogP contribution in [0.5, 0.6) is 0 Å². The van der Waals surface area contributed by atoms with Crippen molar-refractivity contribution in [1.82, 2.24) is 14.8 Å². The zero-order chi connectivity index (χ0) is 34.5. The maximum atomic E-state index is 10.6. The lowest BCUT2D eigenvalue weighted by atomic mass is 9.87. The Morgan fingerprint density at radius 2 is 1.31 bits per heavy atom. The molecule has 0 bridgehead atoms. The number of aromatic nitrogens is 1. The molecule has 2 aromatic heterocycles. The Bertz CT molecular complexity index is 1140. The third kappa shape index (κ3) is 15.6. The fourth-order valence-corrected chi connectivity index (χ4v) is 4.00. The second kappa shape index (κ2) is 17.0. The number of carboxylic acid groups (broad SMARTS) is 3. The lowest BCUT2D eigenvalue weighted by Gasteiger charge is -2.32. The van der Waals surface area contributed by atoms with Gasteiger partial charge in [0.2, 0.25) is 0 Å². The highest BCUT2D eigenvalue weighted by molar-refractivity contribution is 5.73. The van der Waals surface area contributed by atoms with Gasteiger partial charge >= 0.3 is 36.4 Å². The number of halogens is 9. The number of nitrogens with zero attached hydrogens (tertiary/aromatic N) is 3. The van der Waals surface area contributed by atoms with E-state index in [-0.39, 0.29) is 5.41 Å². The third-order valence-corrected chi connectivity index (χ3v) is 5.85. The fourth-order valence-electron chi connectivity index (χ4n) is 4.00. The molecule has 0 radical (unpaired) electrons. The van der Waals surface area contributed by atoms with Crippen molar-refractivity contribution in [2.75, 3.05) is 39.4 Å². The molecule has 4 rings (SSSR count). The molecule has 2 aliphatic heterocycles. The molecule has 2 fully saturated rings. The molecule has 0 aliphatic carbocycles. The van der Waals surface area contributed by atoms with Crippen LogP contribution in [-0.4, -0.2) is 106 Å². The molecule has 45 heavy (non-hydrogen) atoms. The molecule has 2 aliphatic rings. The molecule has 1 atom stereocenters. The molecule has 3 N–H and O–H groups in total. The molecule has 0 aromatic carbocycles. The minimum absolute atomic E-state index is 0.241. The first-order valence-electron chi connectivity index (χ1n) is 12.5. The van der Waals surface area contributed by atoms with Gasteiger partial charge in [0.1, 0.15) is 5.76 Å². The monoisotopic (exact) mass is 669 g/mol. The van der Waals surface area contributed by atoms with Crippen molar-refractivity contribution >= 4 is 17.9 Å². The first-order valence-corrected chi connectivity index (χ1v) is 12.5. The van der Waals surface area contributed by atoms with Gasteiger partial charge < -0.3 is 24.5 Å². The van der Waals surface area contributed by atoms with Crippen LogP contribution in [0, 0.1) is 5.41 Å². The normalized spacial score (nSPS) is 19.1. The fraction of sp³-hybridized carbons (Fsp3) is 0.520. The van der Waals surface area contributed by atoms with Crippen molar-refractivity contribution in [3.05, 3.63) is 54.2 Å². The molecular weight excluding hydrogens is 641 g/mol. The average Bonchev–Trinajstić information content (AvgIpc) is 3.52. The van der Waals surface area contributed by atoms with Crippen molar-refractivity contribution in [1.29, 1.82) is 0 Å². The van der Waals surface area contributed by atoms with Crippen LogP contribution < -0.4 is 0 Å². The Hall–Kier alpha value is -3.91. The minimum Gasteiger partial charge on any atom is -0.475 e. The molecule has 0 saturated carbocycles. The van der Waals surface area contributed by atoms with Gasteiger partial charge in [0.05, 0.1) is 26.0 Å². The van der Waals surface area contributed by atoms with Gasteiger partial charge in [-0.25, -0.2) is 14.4 Å². The molecule has 4 heterocycles. The number of rotatable bonds is 4. The number of pyridine rings is 1. The number of hydrogen-bond donors (Lipinski definition) is 3. The predicted octanol–water partition coefficient (Wildman–Crippen LogP) is 4.30. The Morgan fingerprint density at radius 3 is 1.73 bits per heavy atom. The van der Waals surface area contributed by atoms with Crippen molar-refractivity contribution in [2.45, 2.75) is 38.0 Å². The molecule has 11 nitrogen and oxygen atoms in total. The van der Waals surface area contributed by atoms with Crippen molar-refractivity contribution in [2.24, 2.45) is 5.41 Å². The van der Waals surface area contributed by atoms with Gasteiger partial charge in [-0.3, -0.25) is 14.8 Å². The summed E-state index contributed by atoms with van der Waals surface area (Å²) in [6, 6.07) is 8.19. The van der Waals surface area contributed by atoms with Gasteiger partial charge in [0, 0.05) is 44.0 Å². The number of ether oxygens (including phenoxy) is 1. The summed E-state index contributed by atoms with van der Waals surface area (Å²) in [5.41, 5.74) is 1.52. The van der Waals surface area contributed by atoms with Crippen LogP contribution in [-0.2, 0) is 32.2 Å². The van der Waals surface area contributed by atoms with Crippen LogP contribution in [0.1, 0.15) is 17.7 Å². The first kappa shape index (κ1) is 39.1. The van der Waals surface area contributed by atoms with E-state index in [4.69, 9.17) is 38.9 Å². The second-order valence-corrected chi connectivity index (χ2v) is 9.57. The molecule has 0 amide bonds. The van der Waals surface area contributed by atoms with Crippen LogP contribution in [0.2, 0.25) is 0 Å². The highest BCUT2D eigenvalue weighted by atomic mass is 19.4. The zero-order valence-corrected chi connectivity index (χ0v) is 23.0. The Morgan fingerprint density at radius 1 is 0.800 bits per heavy atom. The Labute approximate surface area is 248 Å². The minimum atomic E-state index is -5.08. The van der Waals surface area contributed by atoms with Gasteiger partial charge in [0.15, 0.2) is 0 Å². The average molecular weight is 669 g/mol. The summed E-state index contributed by atoms with van der Waals surface area (Å²) in [6.07, 6.45) is -8.50. The summed E-state index contributed by atoms with van der Waals surface area (Å²) in [6.45, 7) is 7.83. The summed E-state index contributed by atoms with van der Waals surface area (Å²) >= 11 is 0. The van der Waals surface area contributed by atoms with Crippen molar-refractivity contribution in [3.8, 4) is 0 Å². The number of furan rings is 1. The van der Waals surface area contributed by atoms with E-state index < -0.39 is 36.4 Å². The predicted molar refractivity (Wildman–Crippen MR) is 132 cm³/mol. The topological polar surface area (TPSA) is 154 Å². The highest BCUT2D eigenvalue weighted by Crippen LogP contribution is 2.34. The Balaban J connectivity index is 0.000000396. The van der Waals surface area contributed by atoms with Crippen LogP contribution >= 0.6 is 0 Å². The quantitative estimate of drug-likeness (QED) is 0.400. The summed E-state index contributed by atoms with van der Waals surface area (Å²) in [5.74, 6) is -7.22. The largest absolute Gasteiger partial charge is 0.490 e. The molecule has 254 valence electrons. The van der Waals surface area contributed by atoms with E-state index in [0.29, 0.717) is 0 Å². The number of carboxylic acids is 3. The second-order valence-electron chi connectivity index (χ2n) is 9.57. The molecule has 1 unspecified atom stereocenters. The van der Waals surface area contributed by atoms with Crippen molar-refractivity contribution < 1.29 is 78.4 Å². The van der Waals surface area contributed by atoms with Gasteiger partial charge in [-0.05, 0) is 36.7 Å². The van der Waals surface area contributed by atoms with Gasteiger partial charge in [0.25, 0.3) is 0 Å². The lowest BCUT2D eigenvalue weighted by molar-refractivity contribution is -0.193. The van der Waals surface area contributed by atoms with Gasteiger partial charge in [-0.2, -0.15) is 39.5 Å². The van der Waals surface area contributed by atoms with E-state index in [1.807, 2.05) is 24.5 Å². The van der Waals surface area contributed by atoms with E-state index in [1.54, 1.807) is 6.26 Å². The molecule has 2 aromatic rings. The molecule has 2 saturated heterocycles. The summed E-state index contributed by atoms with van der Waals surface area (Å²) in [5, 5.41) is 21.4. The van der Waals surface area contributed by atoms with E-state index in [0.717, 1.165) is 58.2 Å². The highest BCUT2D eigenvalue weighted by Gasteiger charge is 2.41. The van der Waals surface area contributed by atoms with E-state index >= 15 is 0 Å². The van der Waals surface area contributed by atoms with Gasteiger partial charge in [-0.1, -0.05) is 6.07 Å². The number of hydrogen-bond acceptors (Lipinski definition) is 8. The number of carbonyl (C=O) groups is 3. The Kier molecular flexibility index (Phi) is 14.7. The van der Waals surface area contributed by atoms with Crippen molar-refractivity contribution in [3.63, 3.8) is 0 Å². The van der Waals surface area contributed by atoms with E-state index in [2.05, 4.69) is 26.9 Å². The van der Waals surface area contributed by atoms with Crippen LogP contribution in [0.25, 0.3) is 0 Å². The maximum absolute atomic E-state index is 10.6. The van der Waals surface area contributed by atoms with Crippen LogP contribution in [0.3, 0.4) is 0 Å². The summed E-state index contributed by atoms with van der Waals surface area (Å²) in [7, 11) is 0. The maximum Gasteiger partial charge on any atom is 0.490 e. The van der Waals surface area contributed by atoms with Crippen LogP contribution in [0.15, 0.2) is 47.3 Å². The third-order valence-electron chi connectivity index (χ3n) is 5.85. The molecule has 20 heteroatoms. The molecule has 1 spiro atoms. The number of likely N-dealkylation sites (tertiary alicyclic amines) is 1. The van der Waals surface area contributed by atoms with E-state index in [9.17, 15) is 39.5 Å². The SMILES string of the molecule is O=C(O)C(F)(F)F.O=C(O)C(F)(F)F.O=C(O)C(F)(F)F.c1cncc(CN2CCOCC3(CCN(Cc4ccco4)C3)C2)c1. The standard InChI is InChI=1S/C19H25N3O2.3C2HF3O2/c1-3-17(11-20-6-1)12-22-8-10-23-16-19(15-22)5-7-21(14-19)13-18-4-2-9-24-18;3*3-2(4,5)1(6)7/h1-4,6,9,11H,5,7-8,10,12-16H2;3*(H,6,7). The number of aliphatic carboxylic acids is 3. The van der Waals surface area contributed by atoms with Crippen LogP contribution in [0.4, 0.5) is 39.5 Å². The first-order chi connectivity index (χ1) is 20.6.